The largest absolute Gasteiger partial charge is 0.480 e. The van der Waals surface area contributed by atoms with Crippen LogP contribution in [0.1, 0.15) is 105 Å². The van der Waals surface area contributed by atoms with E-state index in [2.05, 4.69) is 15.5 Å². The van der Waals surface area contributed by atoms with E-state index in [-0.39, 0.29) is 54.7 Å². The summed E-state index contributed by atoms with van der Waals surface area (Å²) in [4.78, 5) is 90.9. The van der Waals surface area contributed by atoms with E-state index in [1.165, 1.54) is 19.1 Å². The maximum Gasteiger partial charge on any atom is 0.326 e. The number of nitrogens with zero attached hydrogens (tertiary/aromatic N) is 3. The maximum absolute atomic E-state index is 14.5. The molecule has 346 valence electrons. The van der Waals surface area contributed by atoms with Gasteiger partial charge in [-0.2, -0.15) is 0 Å². The van der Waals surface area contributed by atoms with Crippen LogP contribution in [0.3, 0.4) is 0 Å². The molecule has 0 aliphatic carbocycles. The molecule has 0 radical (unpaired) electrons. The lowest BCUT2D eigenvalue weighted by molar-refractivity contribution is -0.149. The van der Waals surface area contributed by atoms with E-state index < -0.39 is 66.1 Å². The molecule has 0 saturated carbocycles. The third-order valence-electron chi connectivity index (χ3n) is 12.2. The van der Waals surface area contributed by atoms with Gasteiger partial charge in [0.05, 0.1) is 43.2 Å². The number of nitrogens with one attached hydrogen (secondary N) is 2. The van der Waals surface area contributed by atoms with E-state index in [9.17, 15) is 33.9 Å². The first kappa shape index (κ1) is 53.0. The lowest BCUT2D eigenvalue weighted by atomic mass is 9.89. The molecule has 1 heterocycles. The van der Waals surface area contributed by atoms with Crippen LogP contribution in [0.25, 0.3) is 0 Å². The van der Waals surface area contributed by atoms with Gasteiger partial charge in [-0.3, -0.25) is 24.0 Å². The predicted molar refractivity (Wildman–Crippen MR) is 233 cm³/mol. The van der Waals surface area contributed by atoms with Gasteiger partial charge in [0.25, 0.3) is 0 Å². The molecule has 0 aromatic heterocycles. The van der Waals surface area contributed by atoms with Crippen LogP contribution in [0.5, 0.6) is 0 Å². The standard InChI is InChI=1S/C45H76N6O10/c1-12-30(6)40(50(9)44(56)38(28(2)3)48-43(55)39(29(4)5)49(8)36(52)23-17-14-18-25-61-46)35(59-10)27-37(53)51-24-19-22-34(51)41(60-11)31(7)42(54)47-33(45(57)58)26-32-20-15-13-16-21-32/h13,15-16,20-21,28-31,33-35,38-41H,12,14,17-19,22-27,46H2,1-11H3,(H,47,54)(H,48,55)(H,57,58)/t30-,31+,33?,34?,35+,38?,39?,40-,41+/m0/s1. The second-order valence-electron chi connectivity index (χ2n) is 17.3. The number of rotatable bonds is 27. The Labute approximate surface area is 363 Å². The lowest BCUT2D eigenvalue weighted by Crippen LogP contribution is -2.60. The summed E-state index contributed by atoms with van der Waals surface area (Å²) in [5, 5.41) is 15.6. The van der Waals surface area contributed by atoms with Crippen molar-refractivity contribution in [1.29, 1.82) is 0 Å². The van der Waals surface area contributed by atoms with Gasteiger partial charge in [-0.15, -0.1) is 0 Å². The zero-order valence-electron chi connectivity index (χ0n) is 38.6. The Balaban J connectivity index is 2.26. The second kappa shape index (κ2) is 26.4. The van der Waals surface area contributed by atoms with Crippen molar-refractivity contribution in [3.63, 3.8) is 0 Å². The molecule has 5 N–H and O–H groups in total. The molecule has 5 amide bonds. The molecule has 4 unspecified atom stereocenters. The average molecular weight is 861 g/mol. The van der Waals surface area contributed by atoms with Crippen molar-refractivity contribution in [3.05, 3.63) is 35.9 Å². The Morgan fingerprint density at radius 1 is 0.885 bits per heavy atom. The second-order valence-corrected chi connectivity index (χ2v) is 17.3. The van der Waals surface area contributed by atoms with Gasteiger partial charge in [0.15, 0.2) is 0 Å². The molecule has 61 heavy (non-hydrogen) atoms. The normalized spacial score (nSPS) is 18.1. The molecule has 1 aliphatic rings. The molecule has 16 nitrogen and oxygen atoms in total. The number of carboxylic acid groups (broad SMARTS) is 1. The van der Waals surface area contributed by atoms with Crippen LogP contribution in [0.2, 0.25) is 0 Å². The molecule has 1 aromatic rings. The van der Waals surface area contributed by atoms with Crippen LogP contribution in [-0.2, 0) is 49.5 Å². The van der Waals surface area contributed by atoms with Crippen LogP contribution in [0, 0.1) is 23.7 Å². The SMILES string of the molecule is CC[C@H](C)[C@@H]([C@@H](CC(=O)N1CCCC1[C@H](OC)[C@@H](C)C(=O)NC(Cc1ccccc1)C(=O)O)OC)N(C)C(=O)C(NC(=O)C(C(C)C)N(C)C(=O)CCCCCON)C(C)C. The number of hydrogen-bond donors (Lipinski definition) is 4. The predicted octanol–water partition coefficient (Wildman–Crippen LogP) is 3.79. The monoisotopic (exact) mass is 861 g/mol. The molecule has 1 fully saturated rings. The van der Waals surface area contributed by atoms with Gasteiger partial charge >= 0.3 is 5.97 Å². The number of benzene rings is 1. The molecule has 0 bridgehead atoms. The number of unbranched alkanes of at least 4 members (excludes halogenated alkanes) is 2. The van der Waals surface area contributed by atoms with Crippen molar-refractivity contribution < 1.29 is 48.2 Å². The summed E-state index contributed by atoms with van der Waals surface area (Å²) in [7, 11) is 6.28. The number of likely N-dealkylation sites (tertiary alicyclic amines) is 1. The Kier molecular flexibility index (Phi) is 22.9. The summed E-state index contributed by atoms with van der Waals surface area (Å²) in [5.74, 6) is 0.865. The summed E-state index contributed by atoms with van der Waals surface area (Å²) in [5.41, 5.74) is 0.771. The van der Waals surface area contributed by atoms with Gasteiger partial charge < -0.3 is 44.8 Å². The smallest absolute Gasteiger partial charge is 0.326 e. The number of ether oxygens (including phenoxy) is 2. The van der Waals surface area contributed by atoms with Gasteiger partial charge in [-0.05, 0) is 49.0 Å². The van der Waals surface area contributed by atoms with E-state index >= 15 is 0 Å². The van der Waals surface area contributed by atoms with Crippen molar-refractivity contribution in [2.75, 3.05) is 41.5 Å². The highest BCUT2D eigenvalue weighted by Gasteiger charge is 2.43. The fraction of sp³-hybridized carbons (Fsp3) is 0.733. The summed E-state index contributed by atoms with van der Waals surface area (Å²) >= 11 is 0. The number of carboxylic acids is 1. The van der Waals surface area contributed by atoms with Crippen LogP contribution in [-0.4, -0.2) is 139 Å². The molecule has 16 heteroatoms. The van der Waals surface area contributed by atoms with Crippen molar-refractivity contribution in [2.45, 2.75) is 149 Å². The maximum atomic E-state index is 14.5. The third kappa shape index (κ3) is 15.3. The quantitative estimate of drug-likeness (QED) is 0.0739. The number of amides is 5. The summed E-state index contributed by atoms with van der Waals surface area (Å²) in [6.45, 7) is 13.9. The van der Waals surface area contributed by atoms with Crippen molar-refractivity contribution >= 4 is 35.5 Å². The first-order valence-corrected chi connectivity index (χ1v) is 21.9. The number of nitrogens with two attached hydrogens (primary N) is 1. The summed E-state index contributed by atoms with van der Waals surface area (Å²) in [6.07, 6.45) is 2.92. The van der Waals surface area contributed by atoms with Crippen molar-refractivity contribution in [3.8, 4) is 0 Å². The minimum Gasteiger partial charge on any atom is -0.480 e. The van der Waals surface area contributed by atoms with E-state index in [0.29, 0.717) is 38.8 Å². The van der Waals surface area contributed by atoms with Gasteiger partial charge in [-0.1, -0.05) is 91.6 Å². The topological polar surface area (TPSA) is 210 Å². The number of hydrogen-bond acceptors (Lipinski definition) is 10. The van der Waals surface area contributed by atoms with Gasteiger partial charge in [0.1, 0.15) is 18.1 Å². The average Bonchev–Trinajstić information content (AvgIpc) is 3.71. The minimum atomic E-state index is -1.15. The molecule has 9 atom stereocenters. The van der Waals surface area contributed by atoms with Crippen molar-refractivity contribution in [1.82, 2.24) is 25.3 Å². The Morgan fingerprint density at radius 2 is 1.54 bits per heavy atom. The molecular weight excluding hydrogens is 785 g/mol. The zero-order chi connectivity index (χ0) is 46.0. The molecule has 1 aromatic carbocycles. The molecular formula is C45H76N6O10. The third-order valence-corrected chi connectivity index (χ3v) is 12.2. The molecule has 0 spiro atoms. The number of carbonyl (C=O) groups excluding carboxylic acids is 5. The van der Waals surface area contributed by atoms with E-state index in [1.54, 1.807) is 43.0 Å². The minimum absolute atomic E-state index is 0.0604. The first-order chi connectivity index (χ1) is 28.9. The highest BCUT2D eigenvalue weighted by atomic mass is 16.6. The van der Waals surface area contributed by atoms with Crippen LogP contribution in [0.4, 0.5) is 0 Å². The van der Waals surface area contributed by atoms with Crippen molar-refractivity contribution in [2.24, 2.45) is 29.6 Å². The zero-order valence-corrected chi connectivity index (χ0v) is 38.6. The fourth-order valence-corrected chi connectivity index (χ4v) is 8.53. The molecule has 2 rings (SSSR count). The van der Waals surface area contributed by atoms with Gasteiger partial charge in [0.2, 0.25) is 29.5 Å². The van der Waals surface area contributed by atoms with E-state index in [0.717, 1.165) is 18.4 Å². The number of carbonyl (C=O) groups is 6. The van der Waals surface area contributed by atoms with Crippen LogP contribution in [0.15, 0.2) is 30.3 Å². The molecule has 1 aliphatic heterocycles. The highest BCUT2D eigenvalue weighted by molar-refractivity contribution is 5.92. The lowest BCUT2D eigenvalue weighted by Gasteiger charge is -2.41. The number of likely N-dealkylation sites (N-methyl/N-ethyl adjacent to an activating group) is 2. The van der Waals surface area contributed by atoms with Gasteiger partial charge in [-0.25, -0.2) is 10.7 Å². The van der Waals surface area contributed by atoms with E-state index in [4.69, 9.17) is 15.4 Å². The Hall–Kier alpha value is -4.12. The van der Waals surface area contributed by atoms with Crippen LogP contribution < -0.4 is 16.5 Å². The summed E-state index contributed by atoms with van der Waals surface area (Å²) in [6, 6.07) is 5.17. The highest BCUT2D eigenvalue weighted by Crippen LogP contribution is 2.30. The Bertz CT molecular complexity index is 1550. The summed E-state index contributed by atoms with van der Waals surface area (Å²) < 4.78 is 11.9. The molecule has 1 saturated heterocycles. The van der Waals surface area contributed by atoms with Gasteiger partial charge in [0, 0.05) is 47.7 Å². The first-order valence-electron chi connectivity index (χ1n) is 21.9. The Morgan fingerprint density at radius 3 is 2.08 bits per heavy atom. The number of methoxy groups -OCH3 is 2. The van der Waals surface area contributed by atoms with E-state index in [1.807, 2.05) is 59.7 Å². The fourth-order valence-electron chi connectivity index (χ4n) is 8.53. The van der Waals surface area contributed by atoms with Crippen LogP contribution >= 0.6 is 0 Å². The number of aliphatic carboxylic acids is 1.